The van der Waals surface area contributed by atoms with Crippen LogP contribution in [0.3, 0.4) is 0 Å². The molecule has 206 valence electrons. The minimum absolute atomic E-state index is 0.107. The van der Waals surface area contributed by atoms with E-state index in [1.165, 1.54) is 38.4 Å². The number of benzene rings is 3. The van der Waals surface area contributed by atoms with Gasteiger partial charge in [-0.1, -0.05) is 18.2 Å². The van der Waals surface area contributed by atoms with Crippen LogP contribution in [0.2, 0.25) is 0 Å². The number of H-pyrrole nitrogens is 1. The number of hydrogen-bond acceptors (Lipinski definition) is 6. The van der Waals surface area contributed by atoms with E-state index in [4.69, 9.17) is 0 Å². The van der Waals surface area contributed by atoms with Gasteiger partial charge in [0.1, 0.15) is 0 Å². The molecule has 40 heavy (non-hydrogen) atoms. The van der Waals surface area contributed by atoms with Crippen molar-refractivity contribution in [3.63, 3.8) is 0 Å². The third kappa shape index (κ3) is 5.27. The quantitative estimate of drug-likeness (QED) is 0.228. The van der Waals surface area contributed by atoms with E-state index in [1.807, 2.05) is 30.3 Å². The molecule has 0 atom stereocenters. The molecule has 0 radical (unpaired) electrons. The molecule has 3 heterocycles. The van der Waals surface area contributed by atoms with Gasteiger partial charge in [0.15, 0.2) is 0 Å². The summed E-state index contributed by atoms with van der Waals surface area (Å²) in [5.74, 6) is -0.364. The first kappa shape index (κ1) is 27.3. The predicted octanol–water partition coefficient (Wildman–Crippen LogP) is 2.66. The molecule has 2 aliphatic rings. The topological polar surface area (TPSA) is 166 Å². The van der Waals surface area contributed by atoms with E-state index in [1.54, 1.807) is 18.2 Å². The van der Waals surface area contributed by atoms with Crippen molar-refractivity contribution in [1.82, 2.24) is 14.4 Å². The number of aromatic amines is 1. The second-order valence-corrected chi connectivity index (χ2v) is 12.8. The van der Waals surface area contributed by atoms with Crippen molar-refractivity contribution in [2.24, 2.45) is 0 Å². The molecule has 0 saturated heterocycles. The molecular weight excluding hydrogens is 554 g/mol. The zero-order chi connectivity index (χ0) is 28.7. The first-order valence-corrected chi connectivity index (χ1v) is 15.0. The SMILES string of the molecule is CNS(=O)(=O)c1ccc2c(c1)C(=Cc1cc3ccccc3[nH]1)C(=O)N2.CNS(=O)(=O)c1ccc2c(c1)CC(=O)N2. The van der Waals surface area contributed by atoms with Gasteiger partial charge in [-0.2, -0.15) is 0 Å². The zero-order valence-electron chi connectivity index (χ0n) is 21.4. The molecule has 3 aromatic carbocycles. The Morgan fingerprint density at radius 2 is 1.43 bits per heavy atom. The third-order valence-corrected chi connectivity index (χ3v) is 9.31. The molecule has 1 aromatic heterocycles. The van der Waals surface area contributed by atoms with Crippen LogP contribution in [0.5, 0.6) is 0 Å². The fourth-order valence-corrected chi connectivity index (χ4v) is 5.95. The van der Waals surface area contributed by atoms with Crippen molar-refractivity contribution in [3.05, 3.63) is 83.6 Å². The first-order valence-electron chi connectivity index (χ1n) is 12.1. The van der Waals surface area contributed by atoms with Gasteiger partial charge in [-0.25, -0.2) is 26.3 Å². The van der Waals surface area contributed by atoms with Gasteiger partial charge in [-0.3, -0.25) is 9.59 Å². The van der Waals surface area contributed by atoms with Crippen LogP contribution in [-0.2, 0) is 36.1 Å². The van der Waals surface area contributed by atoms with E-state index in [2.05, 4.69) is 25.1 Å². The second-order valence-electron chi connectivity index (χ2n) is 8.99. The largest absolute Gasteiger partial charge is 0.355 e. The zero-order valence-corrected chi connectivity index (χ0v) is 23.0. The molecule has 0 fully saturated rings. The Morgan fingerprint density at radius 3 is 2.10 bits per heavy atom. The van der Waals surface area contributed by atoms with Crippen molar-refractivity contribution in [1.29, 1.82) is 0 Å². The highest BCUT2D eigenvalue weighted by atomic mass is 32.2. The van der Waals surface area contributed by atoms with Gasteiger partial charge in [0.05, 0.1) is 21.8 Å². The smallest absolute Gasteiger partial charge is 0.256 e. The van der Waals surface area contributed by atoms with Crippen molar-refractivity contribution >= 4 is 65.8 Å². The van der Waals surface area contributed by atoms with E-state index in [0.717, 1.165) is 22.2 Å². The van der Waals surface area contributed by atoms with Gasteiger partial charge in [0.2, 0.25) is 26.0 Å². The van der Waals surface area contributed by atoms with Gasteiger partial charge in [-0.15, -0.1) is 0 Å². The highest BCUT2D eigenvalue weighted by Gasteiger charge is 2.26. The Labute approximate surface area is 230 Å². The number of hydrogen-bond donors (Lipinski definition) is 5. The number of sulfonamides is 2. The first-order chi connectivity index (χ1) is 19.0. The normalized spacial score (nSPS) is 15.3. The Hall–Kier alpha value is -4.30. The molecule has 4 aromatic rings. The number of nitrogens with one attached hydrogen (secondary N) is 5. The summed E-state index contributed by atoms with van der Waals surface area (Å²) in [5.41, 5.74) is 4.75. The Kier molecular flexibility index (Phi) is 7.06. The average molecular weight is 580 g/mol. The van der Waals surface area contributed by atoms with Crippen molar-refractivity contribution in [2.75, 3.05) is 24.7 Å². The van der Waals surface area contributed by atoms with Crippen molar-refractivity contribution in [2.45, 2.75) is 16.2 Å². The molecule has 0 bridgehead atoms. The average Bonchev–Trinajstić information content (AvgIpc) is 3.62. The summed E-state index contributed by atoms with van der Waals surface area (Å²) in [6.45, 7) is 0. The Morgan fingerprint density at radius 1 is 0.775 bits per heavy atom. The highest BCUT2D eigenvalue weighted by Crippen LogP contribution is 2.35. The van der Waals surface area contributed by atoms with E-state index in [0.29, 0.717) is 22.5 Å². The van der Waals surface area contributed by atoms with Crippen molar-refractivity contribution < 1.29 is 26.4 Å². The molecule has 6 rings (SSSR count). The summed E-state index contributed by atoms with van der Waals surface area (Å²) in [6.07, 6.45) is 1.97. The van der Waals surface area contributed by atoms with Gasteiger partial charge in [0.25, 0.3) is 5.91 Å². The summed E-state index contributed by atoms with van der Waals surface area (Å²) in [6, 6.07) is 18.9. The fourth-order valence-electron chi connectivity index (χ4n) is 4.42. The van der Waals surface area contributed by atoms with Crippen LogP contribution in [0.1, 0.15) is 16.8 Å². The molecule has 13 heteroatoms. The number of amides is 2. The summed E-state index contributed by atoms with van der Waals surface area (Å²) in [7, 11) is -4.30. The molecule has 2 aliphatic heterocycles. The summed E-state index contributed by atoms with van der Waals surface area (Å²) < 4.78 is 51.5. The lowest BCUT2D eigenvalue weighted by molar-refractivity contribution is -0.115. The maximum absolute atomic E-state index is 12.3. The van der Waals surface area contributed by atoms with Crippen LogP contribution in [0.4, 0.5) is 11.4 Å². The van der Waals surface area contributed by atoms with E-state index in [9.17, 15) is 26.4 Å². The lowest BCUT2D eigenvalue weighted by Crippen LogP contribution is -2.18. The number of fused-ring (bicyclic) bond motifs is 3. The van der Waals surface area contributed by atoms with Crippen LogP contribution in [0, 0.1) is 0 Å². The number of aromatic nitrogens is 1. The van der Waals surface area contributed by atoms with Crippen LogP contribution in [-0.4, -0.2) is 47.7 Å². The van der Waals surface area contributed by atoms with Crippen LogP contribution < -0.4 is 20.1 Å². The van der Waals surface area contributed by atoms with Gasteiger partial charge in [-0.05, 0) is 79.7 Å². The predicted molar refractivity (Wildman–Crippen MR) is 153 cm³/mol. The molecule has 0 aliphatic carbocycles. The standard InChI is InChI=1S/C18H15N3O3S.C9H10N2O3S/c1-19-25(23,24)13-6-7-17-14(10-13)15(18(22)21-17)9-12-8-11-4-2-3-5-16(11)20-12;1-10-15(13,14)7-2-3-8-6(4-7)5-9(12)11-8/h2-10,19-20H,1H3,(H,21,22);2-4,10H,5H2,1H3,(H,11,12). The van der Waals surface area contributed by atoms with Gasteiger partial charge in [0, 0.05) is 28.1 Å². The van der Waals surface area contributed by atoms with E-state index in [-0.39, 0.29) is 28.0 Å². The molecule has 0 unspecified atom stereocenters. The van der Waals surface area contributed by atoms with Gasteiger partial charge >= 0.3 is 0 Å². The maximum Gasteiger partial charge on any atom is 0.256 e. The number of carbonyl (C=O) groups excluding carboxylic acids is 2. The summed E-state index contributed by atoms with van der Waals surface area (Å²) in [5, 5.41) is 6.44. The highest BCUT2D eigenvalue weighted by molar-refractivity contribution is 7.89. The minimum Gasteiger partial charge on any atom is -0.355 e. The molecule has 2 amide bonds. The number of rotatable bonds is 5. The number of anilines is 2. The number of para-hydroxylation sites is 1. The monoisotopic (exact) mass is 579 g/mol. The maximum atomic E-state index is 12.3. The minimum atomic E-state index is -3.58. The fraction of sp³-hybridized carbons (Fsp3) is 0.111. The molecule has 0 saturated carbocycles. The molecule has 11 nitrogen and oxygen atoms in total. The molecule has 5 N–H and O–H groups in total. The van der Waals surface area contributed by atoms with Crippen LogP contribution in [0.25, 0.3) is 22.6 Å². The number of carbonyl (C=O) groups is 2. The van der Waals surface area contributed by atoms with Crippen LogP contribution in [0.15, 0.2) is 76.5 Å². The molecular formula is C27H25N5O6S2. The molecule has 0 spiro atoms. The second kappa shape index (κ2) is 10.4. The Bertz CT molecular complexity index is 1890. The van der Waals surface area contributed by atoms with Gasteiger partial charge < -0.3 is 15.6 Å². The van der Waals surface area contributed by atoms with Crippen LogP contribution >= 0.6 is 0 Å². The summed E-state index contributed by atoms with van der Waals surface area (Å²) >= 11 is 0. The van der Waals surface area contributed by atoms with Crippen molar-refractivity contribution in [3.8, 4) is 0 Å². The Balaban J connectivity index is 0.000000184. The lowest BCUT2D eigenvalue weighted by atomic mass is 10.1. The lowest BCUT2D eigenvalue weighted by Gasteiger charge is -2.05. The van der Waals surface area contributed by atoms with E-state index >= 15 is 0 Å². The third-order valence-electron chi connectivity index (χ3n) is 6.48. The van der Waals surface area contributed by atoms with E-state index < -0.39 is 20.0 Å². The summed E-state index contributed by atoms with van der Waals surface area (Å²) in [4.78, 5) is 26.9.